The second-order valence-corrected chi connectivity index (χ2v) is 5.94. The van der Waals surface area contributed by atoms with Crippen LogP contribution in [-0.4, -0.2) is 15.0 Å². The van der Waals surface area contributed by atoms with E-state index in [1.165, 1.54) is 0 Å². The highest BCUT2D eigenvalue weighted by Crippen LogP contribution is 2.19. The molecule has 3 rings (SSSR count). The zero-order chi connectivity index (χ0) is 16.1. The Morgan fingerprint density at radius 2 is 1.96 bits per heavy atom. The normalized spacial score (nSPS) is 10.3. The van der Waals surface area contributed by atoms with Crippen molar-refractivity contribution in [1.29, 1.82) is 0 Å². The lowest BCUT2D eigenvalue weighted by molar-refractivity contribution is 1.01. The molecule has 3 aromatic rings. The average Bonchev–Trinajstić information content (AvgIpc) is 2.53. The number of halogens is 1. The summed E-state index contributed by atoms with van der Waals surface area (Å²) < 4.78 is 1.00. The molecule has 0 spiro atoms. The average molecular weight is 370 g/mol. The van der Waals surface area contributed by atoms with Crippen LogP contribution in [0.2, 0.25) is 0 Å². The minimum absolute atomic E-state index is 0.562. The quantitative estimate of drug-likeness (QED) is 0.701. The van der Waals surface area contributed by atoms with Crippen molar-refractivity contribution in [2.45, 2.75) is 13.5 Å². The summed E-state index contributed by atoms with van der Waals surface area (Å²) in [6, 6.07) is 15.6. The Kier molecular flexibility index (Phi) is 4.83. The van der Waals surface area contributed by atoms with E-state index < -0.39 is 0 Å². The molecule has 0 unspecified atom stereocenters. The Hall–Kier alpha value is -2.47. The number of aryl methyl sites for hydroxylation is 1. The van der Waals surface area contributed by atoms with Crippen molar-refractivity contribution in [3.05, 3.63) is 70.6 Å². The molecule has 0 amide bonds. The Balaban J connectivity index is 1.73. The lowest BCUT2D eigenvalue weighted by atomic mass is 10.3. The second kappa shape index (κ2) is 7.19. The molecule has 1 aromatic carbocycles. The number of nitrogens with one attached hydrogen (secondary N) is 2. The van der Waals surface area contributed by atoms with Gasteiger partial charge in [-0.1, -0.05) is 28.1 Å². The van der Waals surface area contributed by atoms with E-state index in [1.54, 1.807) is 6.20 Å². The number of nitrogens with zero attached hydrogens (tertiary/aromatic N) is 3. The van der Waals surface area contributed by atoms with Gasteiger partial charge in [-0.15, -0.1) is 0 Å². The van der Waals surface area contributed by atoms with Crippen molar-refractivity contribution in [1.82, 2.24) is 15.0 Å². The van der Waals surface area contributed by atoms with Crippen LogP contribution in [0, 0.1) is 6.92 Å². The van der Waals surface area contributed by atoms with Crippen LogP contribution >= 0.6 is 15.9 Å². The highest BCUT2D eigenvalue weighted by atomic mass is 79.9. The van der Waals surface area contributed by atoms with Crippen LogP contribution in [0.1, 0.15) is 11.4 Å². The summed E-state index contributed by atoms with van der Waals surface area (Å²) in [6.07, 6.45) is 1.78. The number of benzene rings is 1. The van der Waals surface area contributed by atoms with E-state index in [0.29, 0.717) is 12.5 Å². The van der Waals surface area contributed by atoms with E-state index in [0.717, 1.165) is 27.4 Å². The van der Waals surface area contributed by atoms with E-state index in [1.807, 2.05) is 55.5 Å². The van der Waals surface area contributed by atoms with Crippen LogP contribution in [-0.2, 0) is 6.54 Å². The summed E-state index contributed by atoms with van der Waals surface area (Å²) in [7, 11) is 0. The van der Waals surface area contributed by atoms with Crippen molar-refractivity contribution in [3.8, 4) is 0 Å². The topological polar surface area (TPSA) is 62.7 Å². The molecule has 0 aliphatic heterocycles. The molecule has 23 heavy (non-hydrogen) atoms. The highest BCUT2D eigenvalue weighted by molar-refractivity contribution is 9.10. The molecule has 0 atom stereocenters. The fourth-order valence-electron chi connectivity index (χ4n) is 2.09. The highest BCUT2D eigenvalue weighted by Gasteiger charge is 2.04. The summed E-state index contributed by atoms with van der Waals surface area (Å²) in [5.41, 5.74) is 2.78. The molecule has 0 radical (unpaired) electrons. The largest absolute Gasteiger partial charge is 0.364 e. The second-order valence-electron chi connectivity index (χ2n) is 5.03. The van der Waals surface area contributed by atoms with E-state index >= 15 is 0 Å². The van der Waals surface area contributed by atoms with Gasteiger partial charge in [0.25, 0.3) is 0 Å². The number of aromatic nitrogens is 3. The van der Waals surface area contributed by atoms with Gasteiger partial charge in [0.15, 0.2) is 0 Å². The van der Waals surface area contributed by atoms with Gasteiger partial charge in [0.1, 0.15) is 5.82 Å². The third kappa shape index (κ3) is 4.50. The van der Waals surface area contributed by atoms with Gasteiger partial charge in [-0.25, -0.2) is 4.98 Å². The summed E-state index contributed by atoms with van der Waals surface area (Å²) in [6.45, 7) is 2.56. The van der Waals surface area contributed by atoms with E-state index in [-0.39, 0.29) is 0 Å². The molecule has 0 fully saturated rings. The zero-order valence-electron chi connectivity index (χ0n) is 12.6. The third-order valence-electron chi connectivity index (χ3n) is 3.11. The number of pyridine rings is 1. The van der Waals surface area contributed by atoms with Crippen LogP contribution < -0.4 is 10.6 Å². The third-order valence-corrected chi connectivity index (χ3v) is 3.60. The van der Waals surface area contributed by atoms with Crippen LogP contribution in [0.4, 0.5) is 17.5 Å². The molecular formula is C17H16BrN5. The van der Waals surface area contributed by atoms with E-state index in [9.17, 15) is 0 Å². The van der Waals surface area contributed by atoms with Gasteiger partial charge in [-0.05, 0) is 37.3 Å². The van der Waals surface area contributed by atoms with Crippen molar-refractivity contribution < 1.29 is 0 Å². The maximum Gasteiger partial charge on any atom is 0.229 e. The van der Waals surface area contributed by atoms with Crippen LogP contribution in [0.5, 0.6) is 0 Å². The van der Waals surface area contributed by atoms with Crippen LogP contribution in [0.15, 0.2) is 59.2 Å². The molecule has 2 N–H and O–H groups in total. The SMILES string of the molecule is Cc1cc(NCc2ccccn2)nc(Nc2cccc(Br)c2)n1. The standard InChI is InChI=1S/C17H16BrN5/c1-12-9-16(20-11-15-6-2-3-8-19-15)23-17(21-12)22-14-7-4-5-13(18)10-14/h2-10H,11H2,1H3,(H2,20,21,22,23). The fraction of sp³-hybridized carbons (Fsp3) is 0.118. The Morgan fingerprint density at radius 3 is 2.74 bits per heavy atom. The predicted molar refractivity (Wildman–Crippen MR) is 95.8 cm³/mol. The number of hydrogen-bond donors (Lipinski definition) is 2. The van der Waals surface area contributed by atoms with Gasteiger partial charge in [-0.3, -0.25) is 4.98 Å². The van der Waals surface area contributed by atoms with Gasteiger partial charge < -0.3 is 10.6 Å². The van der Waals surface area contributed by atoms with E-state index in [4.69, 9.17) is 0 Å². The summed E-state index contributed by atoms with van der Waals surface area (Å²) >= 11 is 3.46. The molecule has 0 aliphatic carbocycles. The molecule has 0 saturated heterocycles. The molecule has 0 aliphatic rings. The maximum absolute atomic E-state index is 4.50. The Labute approximate surface area is 143 Å². The fourth-order valence-corrected chi connectivity index (χ4v) is 2.49. The Morgan fingerprint density at radius 1 is 1.04 bits per heavy atom. The maximum atomic E-state index is 4.50. The number of rotatable bonds is 5. The molecule has 2 aromatic heterocycles. The van der Waals surface area contributed by atoms with Gasteiger partial charge in [-0.2, -0.15) is 4.98 Å². The Bertz CT molecular complexity index is 792. The molecule has 2 heterocycles. The minimum atomic E-state index is 0.562. The number of hydrogen-bond acceptors (Lipinski definition) is 5. The first-order valence-electron chi connectivity index (χ1n) is 7.21. The molecule has 0 saturated carbocycles. The predicted octanol–water partition coefficient (Wildman–Crippen LogP) is 4.30. The van der Waals surface area contributed by atoms with Crippen molar-refractivity contribution in [3.63, 3.8) is 0 Å². The molecule has 6 heteroatoms. The summed E-state index contributed by atoms with van der Waals surface area (Å²) in [4.78, 5) is 13.2. The van der Waals surface area contributed by atoms with Crippen LogP contribution in [0.25, 0.3) is 0 Å². The van der Waals surface area contributed by atoms with Gasteiger partial charge >= 0.3 is 0 Å². The first-order chi connectivity index (χ1) is 11.2. The summed E-state index contributed by atoms with van der Waals surface area (Å²) in [5.74, 6) is 1.33. The van der Waals surface area contributed by atoms with Gasteiger partial charge in [0, 0.05) is 28.1 Å². The first kappa shape index (κ1) is 15.4. The monoisotopic (exact) mass is 369 g/mol. The van der Waals surface area contributed by atoms with Crippen molar-refractivity contribution in [2.24, 2.45) is 0 Å². The van der Waals surface area contributed by atoms with Crippen molar-refractivity contribution in [2.75, 3.05) is 10.6 Å². The molecule has 0 bridgehead atoms. The number of anilines is 3. The van der Waals surface area contributed by atoms with Gasteiger partial charge in [0.05, 0.1) is 12.2 Å². The molecular weight excluding hydrogens is 354 g/mol. The smallest absolute Gasteiger partial charge is 0.229 e. The van der Waals surface area contributed by atoms with Gasteiger partial charge in [0.2, 0.25) is 5.95 Å². The minimum Gasteiger partial charge on any atom is -0.364 e. The zero-order valence-corrected chi connectivity index (χ0v) is 14.2. The molecule has 116 valence electrons. The summed E-state index contributed by atoms with van der Waals surface area (Å²) in [5, 5.41) is 6.49. The lowest BCUT2D eigenvalue weighted by Gasteiger charge is -2.10. The van der Waals surface area contributed by atoms with Crippen LogP contribution in [0.3, 0.4) is 0 Å². The first-order valence-corrected chi connectivity index (χ1v) is 8.00. The van der Waals surface area contributed by atoms with Crippen molar-refractivity contribution >= 4 is 33.4 Å². The molecule has 5 nitrogen and oxygen atoms in total. The lowest BCUT2D eigenvalue weighted by Crippen LogP contribution is -2.06. The van der Waals surface area contributed by atoms with E-state index in [2.05, 4.69) is 41.5 Å².